The summed E-state index contributed by atoms with van der Waals surface area (Å²) < 4.78 is 0. The number of allylic oxidation sites excluding steroid dienone is 4. The van der Waals surface area contributed by atoms with Gasteiger partial charge in [-0.25, -0.2) is 0 Å². The van der Waals surface area contributed by atoms with Crippen molar-refractivity contribution in [3.63, 3.8) is 0 Å². The molecule has 0 aliphatic heterocycles. The maximum Gasteiger partial charge on any atom is 0.0223 e. The first kappa shape index (κ1) is 17.8. The van der Waals surface area contributed by atoms with E-state index in [-0.39, 0.29) is 0 Å². The molecule has 0 atom stereocenters. The summed E-state index contributed by atoms with van der Waals surface area (Å²) in [4.78, 5) is 0. The Morgan fingerprint density at radius 2 is 1.22 bits per heavy atom. The SMILES string of the molecule is CCCCC/C=C\C/C=C\CCCCCCCCl. The van der Waals surface area contributed by atoms with Gasteiger partial charge in [-0.1, -0.05) is 63.3 Å². The average Bonchev–Trinajstić information content (AvgIpc) is 2.39. The quantitative estimate of drug-likeness (QED) is 0.200. The van der Waals surface area contributed by atoms with Crippen molar-refractivity contribution in [2.45, 2.75) is 77.6 Å². The summed E-state index contributed by atoms with van der Waals surface area (Å²) in [5.74, 6) is 0.824. The van der Waals surface area contributed by atoms with E-state index in [0.717, 1.165) is 12.3 Å². The first-order valence-electron chi connectivity index (χ1n) is 7.77. The van der Waals surface area contributed by atoms with Gasteiger partial charge in [0.05, 0.1) is 0 Å². The zero-order valence-electron chi connectivity index (χ0n) is 12.2. The highest BCUT2D eigenvalue weighted by Crippen LogP contribution is 2.07. The highest BCUT2D eigenvalue weighted by molar-refractivity contribution is 6.17. The van der Waals surface area contributed by atoms with Crippen LogP contribution < -0.4 is 0 Å². The van der Waals surface area contributed by atoms with E-state index < -0.39 is 0 Å². The predicted molar refractivity (Wildman–Crippen MR) is 85.5 cm³/mol. The summed E-state index contributed by atoms with van der Waals surface area (Å²) in [5, 5.41) is 0. The van der Waals surface area contributed by atoms with Crippen molar-refractivity contribution >= 4 is 11.6 Å². The van der Waals surface area contributed by atoms with Crippen LogP contribution in [-0.2, 0) is 0 Å². The third kappa shape index (κ3) is 15.8. The standard InChI is InChI=1S/C17H31Cl/c1-2-3-4-5-6-7-8-9-10-11-12-13-14-15-16-17-18/h6-7,9-10H,2-5,8,11-17H2,1H3/b7-6-,10-9-. The van der Waals surface area contributed by atoms with Crippen LogP contribution in [0.2, 0.25) is 0 Å². The normalized spacial score (nSPS) is 11.9. The van der Waals surface area contributed by atoms with Crippen LogP contribution >= 0.6 is 11.6 Å². The molecule has 0 aromatic heterocycles. The van der Waals surface area contributed by atoms with Gasteiger partial charge in [0.2, 0.25) is 0 Å². The second-order valence-electron chi connectivity index (χ2n) is 4.92. The predicted octanol–water partition coefficient (Wildman–Crippen LogP) is 6.65. The van der Waals surface area contributed by atoms with Crippen molar-refractivity contribution in [2.24, 2.45) is 0 Å². The topological polar surface area (TPSA) is 0 Å². The van der Waals surface area contributed by atoms with Gasteiger partial charge in [0.15, 0.2) is 0 Å². The molecule has 0 aliphatic carbocycles. The van der Waals surface area contributed by atoms with Crippen LogP contribution in [0.5, 0.6) is 0 Å². The smallest absolute Gasteiger partial charge is 0.0223 e. The zero-order valence-corrected chi connectivity index (χ0v) is 12.9. The van der Waals surface area contributed by atoms with Crippen LogP contribution in [-0.4, -0.2) is 5.88 Å². The highest BCUT2D eigenvalue weighted by atomic mass is 35.5. The van der Waals surface area contributed by atoms with E-state index in [9.17, 15) is 0 Å². The van der Waals surface area contributed by atoms with Crippen LogP contribution in [0, 0.1) is 0 Å². The molecule has 0 aromatic carbocycles. The Kier molecular flexibility index (Phi) is 16.6. The molecule has 0 spiro atoms. The van der Waals surface area contributed by atoms with Crippen LogP contribution in [0.4, 0.5) is 0 Å². The van der Waals surface area contributed by atoms with Gasteiger partial charge in [0, 0.05) is 5.88 Å². The van der Waals surface area contributed by atoms with Crippen molar-refractivity contribution in [1.82, 2.24) is 0 Å². The molecule has 0 aromatic rings. The van der Waals surface area contributed by atoms with Crippen LogP contribution in [0.15, 0.2) is 24.3 Å². The summed E-state index contributed by atoms with van der Waals surface area (Å²) >= 11 is 5.63. The molecule has 1 heteroatoms. The zero-order chi connectivity index (χ0) is 13.3. The molecule has 106 valence electrons. The van der Waals surface area contributed by atoms with Gasteiger partial charge >= 0.3 is 0 Å². The fourth-order valence-corrected chi connectivity index (χ4v) is 2.09. The molecule has 0 radical (unpaired) electrons. The van der Waals surface area contributed by atoms with Crippen molar-refractivity contribution in [3.05, 3.63) is 24.3 Å². The minimum absolute atomic E-state index is 0.824. The molecular formula is C17H31Cl. The first-order chi connectivity index (χ1) is 8.91. The fraction of sp³-hybridized carbons (Fsp3) is 0.765. The third-order valence-corrected chi connectivity index (χ3v) is 3.35. The van der Waals surface area contributed by atoms with Crippen LogP contribution in [0.1, 0.15) is 77.6 Å². The molecule has 0 saturated heterocycles. The Balaban J connectivity index is 3.13. The van der Waals surface area contributed by atoms with E-state index in [0.29, 0.717) is 0 Å². The number of hydrogen-bond donors (Lipinski definition) is 0. The number of unbranched alkanes of at least 4 members (excludes halogenated alkanes) is 8. The minimum Gasteiger partial charge on any atom is -0.127 e. The van der Waals surface area contributed by atoms with Gasteiger partial charge in [-0.3, -0.25) is 0 Å². The molecule has 0 heterocycles. The largest absolute Gasteiger partial charge is 0.127 e. The lowest BCUT2D eigenvalue weighted by molar-refractivity contribution is 0.639. The highest BCUT2D eigenvalue weighted by Gasteiger charge is 1.88. The van der Waals surface area contributed by atoms with E-state index in [4.69, 9.17) is 11.6 Å². The van der Waals surface area contributed by atoms with Gasteiger partial charge in [0.25, 0.3) is 0 Å². The summed E-state index contributed by atoms with van der Waals surface area (Å²) in [6, 6.07) is 0. The minimum atomic E-state index is 0.824. The Morgan fingerprint density at radius 1 is 0.667 bits per heavy atom. The van der Waals surface area contributed by atoms with Gasteiger partial charge in [-0.15, -0.1) is 11.6 Å². The lowest BCUT2D eigenvalue weighted by Gasteiger charge is -1.96. The van der Waals surface area contributed by atoms with E-state index in [1.165, 1.54) is 64.2 Å². The fourth-order valence-electron chi connectivity index (χ4n) is 1.91. The molecule has 18 heavy (non-hydrogen) atoms. The van der Waals surface area contributed by atoms with Crippen LogP contribution in [0.25, 0.3) is 0 Å². The molecule has 0 saturated carbocycles. The number of alkyl halides is 1. The molecule has 0 nitrogen and oxygen atoms in total. The van der Waals surface area contributed by atoms with Crippen molar-refractivity contribution in [3.8, 4) is 0 Å². The van der Waals surface area contributed by atoms with E-state index in [1.54, 1.807) is 0 Å². The lowest BCUT2D eigenvalue weighted by atomic mass is 10.1. The van der Waals surface area contributed by atoms with Gasteiger partial charge < -0.3 is 0 Å². The number of rotatable bonds is 13. The Hall–Kier alpha value is -0.230. The Morgan fingerprint density at radius 3 is 1.83 bits per heavy atom. The van der Waals surface area contributed by atoms with Crippen molar-refractivity contribution < 1.29 is 0 Å². The average molecular weight is 271 g/mol. The summed E-state index contributed by atoms with van der Waals surface area (Å²) in [7, 11) is 0. The lowest BCUT2D eigenvalue weighted by Crippen LogP contribution is -1.79. The second kappa shape index (κ2) is 16.8. The Bertz CT molecular complexity index is 194. The molecule has 0 aliphatic rings. The number of hydrogen-bond acceptors (Lipinski definition) is 0. The third-order valence-electron chi connectivity index (χ3n) is 3.08. The van der Waals surface area contributed by atoms with Gasteiger partial charge in [-0.2, -0.15) is 0 Å². The van der Waals surface area contributed by atoms with E-state index >= 15 is 0 Å². The molecule has 0 unspecified atom stereocenters. The Labute approximate surface area is 120 Å². The number of halogens is 1. The van der Waals surface area contributed by atoms with Gasteiger partial charge in [-0.05, 0) is 38.5 Å². The molecular weight excluding hydrogens is 240 g/mol. The molecule has 0 fully saturated rings. The maximum atomic E-state index is 5.63. The molecule has 0 N–H and O–H groups in total. The first-order valence-corrected chi connectivity index (χ1v) is 8.31. The maximum absolute atomic E-state index is 5.63. The summed E-state index contributed by atoms with van der Waals surface area (Å²) in [6.45, 7) is 2.25. The van der Waals surface area contributed by atoms with E-state index in [2.05, 4.69) is 31.2 Å². The van der Waals surface area contributed by atoms with Crippen molar-refractivity contribution in [1.29, 1.82) is 0 Å². The summed E-state index contributed by atoms with van der Waals surface area (Å²) in [6.07, 6.45) is 23.4. The molecule has 0 amide bonds. The van der Waals surface area contributed by atoms with Crippen LogP contribution in [0.3, 0.4) is 0 Å². The molecule has 0 bridgehead atoms. The second-order valence-corrected chi connectivity index (χ2v) is 5.30. The monoisotopic (exact) mass is 270 g/mol. The molecule has 0 rings (SSSR count). The van der Waals surface area contributed by atoms with Crippen molar-refractivity contribution in [2.75, 3.05) is 5.88 Å². The van der Waals surface area contributed by atoms with E-state index in [1.807, 2.05) is 0 Å². The van der Waals surface area contributed by atoms with Gasteiger partial charge in [0.1, 0.15) is 0 Å². The summed E-state index contributed by atoms with van der Waals surface area (Å²) in [5.41, 5.74) is 0.